The number of nitrogens with one attached hydrogen (secondary N) is 1. The number of hydrogen-bond acceptors (Lipinski definition) is 6. The average Bonchev–Trinajstić information content (AvgIpc) is 3.16. The minimum atomic E-state index is -0.946. The van der Waals surface area contributed by atoms with Gasteiger partial charge in [0.2, 0.25) is 0 Å². The van der Waals surface area contributed by atoms with Crippen LogP contribution in [0.2, 0.25) is 0 Å². The van der Waals surface area contributed by atoms with E-state index in [0.29, 0.717) is 32.5 Å². The summed E-state index contributed by atoms with van der Waals surface area (Å²) in [5.41, 5.74) is 0.947. The Hall–Kier alpha value is -2.03. The van der Waals surface area contributed by atoms with Crippen molar-refractivity contribution in [1.29, 1.82) is 0 Å². The van der Waals surface area contributed by atoms with Gasteiger partial charge in [0.25, 0.3) is 0 Å². The molecule has 2 N–H and O–H groups in total. The highest BCUT2D eigenvalue weighted by molar-refractivity contribution is 7.09. The third-order valence-electron chi connectivity index (χ3n) is 5.01. The SMILES string of the molecule is CCCNC(=O)N1CCC(O)(c2csc(CN(C)Cc3cccnc3)n2)CC1. The Labute approximate surface area is 170 Å². The van der Waals surface area contributed by atoms with Crippen molar-refractivity contribution in [3.05, 3.63) is 46.2 Å². The molecule has 0 saturated carbocycles. The van der Waals surface area contributed by atoms with E-state index >= 15 is 0 Å². The highest BCUT2D eigenvalue weighted by atomic mass is 32.1. The largest absolute Gasteiger partial charge is 0.383 e. The zero-order chi connectivity index (χ0) is 20.0. The van der Waals surface area contributed by atoms with Gasteiger partial charge in [-0.2, -0.15) is 0 Å². The number of piperidine rings is 1. The van der Waals surface area contributed by atoms with Gasteiger partial charge in [0, 0.05) is 44.0 Å². The lowest BCUT2D eigenvalue weighted by atomic mass is 9.89. The fourth-order valence-electron chi connectivity index (χ4n) is 3.37. The van der Waals surface area contributed by atoms with E-state index in [0.717, 1.165) is 35.8 Å². The average molecular weight is 404 g/mol. The van der Waals surface area contributed by atoms with Crippen LogP contribution >= 0.6 is 11.3 Å². The van der Waals surface area contributed by atoms with Gasteiger partial charge in [0.05, 0.1) is 12.2 Å². The molecular formula is C20H29N5O2S. The quantitative estimate of drug-likeness (QED) is 0.743. The number of pyridine rings is 1. The molecule has 2 aromatic heterocycles. The molecule has 1 saturated heterocycles. The van der Waals surface area contributed by atoms with Crippen molar-refractivity contribution in [3.63, 3.8) is 0 Å². The van der Waals surface area contributed by atoms with E-state index in [1.807, 2.05) is 24.6 Å². The van der Waals surface area contributed by atoms with Crippen LogP contribution in [0, 0.1) is 0 Å². The van der Waals surface area contributed by atoms with Crippen LogP contribution in [-0.2, 0) is 18.7 Å². The van der Waals surface area contributed by atoms with Crippen molar-refractivity contribution < 1.29 is 9.90 Å². The summed E-state index contributed by atoms with van der Waals surface area (Å²) in [5, 5.41) is 16.9. The Morgan fingerprint density at radius 3 is 2.86 bits per heavy atom. The minimum Gasteiger partial charge on any atom is -0.383 e. The number of hydrogen-bond donors (Lipinski definition) is 2. The van der Waals surface area contributed by atoms with E-state index in [2.05, 4.69) is 28.3 Å². The molecule has 0 unspecified atom stereocenters. The molecule has 7 nitrogen and oxygen atoms in total. The fraction of sp³-hybridized carbons (Fsp3) is 0.550. The number of nitrogens with zero attached hydrogens (tertiary/aromatic N) is 4. The smallest absolute Gasteiger partial charge is 0.317 e. The van der Waals surface area contributed by atoms with Crippen LogP contribution in [0.15, 0.2) is 29.9 Å². The molecule has 2 aromatic rings. The molecule has 0 atom stereocenters. The lowest BCUT2D eigenvalue weighted by Crippen LogP contribution is -2.49. The van der Waals surface area contributed by atoms with Crippen molar-refractivity contribution in [3.8, 4) is 0 Å². The van der Waals surface area contributed by atoms with E-state index in [-0.39, 0.29) is 6.03 Å². The first-order chi connectivity index (χ1) is 13.5. The Balaban J connectivity index is 1.54. The molecule has 8 heteroatoms. The van der Waals surface area contributed by atoms with Gasteiger partial charge >= 0.3 is 6.03 Å². The van der Waals surface area contributed by atoms with Crippen LogP contribution in [0.25, 0.3) is 0 Å². The van der Waals surface area contributed by atoms with Crippen molar-refractivity contribution in [2.75, 3.05) is 26.7 Å². The summed E-state index contributed by atoms with van der Waals surface area (Å²) >= 11 is 1.58. The topological polar surface area (TPSA) is 81.6 Å². The lowest BCUT2D eigenvalue weighted by molar-refractivity contribution is -0.0200. The maximum absolute atomic E-state index is 12.1. The molecule has 3 heterocycles. The van der Waals surface area contributed by atoms with Crippen LogP contribution in [0.5, 0.6) is 0 Å². The van der Waals surface area contributed by atoms with Gasteiger partial charge in [-0.1, -0.05) is 13.0 Å². The molecule has 28 heavy (non-hydrogen) atoms. The third-order valence-corrected chi connectivity index (χ3v) is 5.85. The van der Waals surface area contributed by atoms with Gasteiger partial charge < -0.3 is 15.3 Å². The molecule has 0 radical (unpaired) electrons. The van der Waals surface area contributed by atoms with Gasteiger partial charge in [0.1, 0.15) is 10.6 Å². The maximum atomic E-state index is 12.1. The highest BCUT2D eigenvalue weighted by Gasteiger charge is 2.37. The van der Waals surface area contributed by atoms with Crippen LogP contribution in [-0.4, -0.2) is 57.6 Å². The summed E-state index contributed by atoms with van der Waals surface area (Å²) in [5.74, 6) is 0. The standard InChI is InChI=1S/C20H29N5O2S/c1-3-8-22-19(26)25-10-6-20(27,7-11-25)17-15-28-18(23-17)14-24(2)13-16-5-4-9-21-12-16/h4-5,9,12,15,27H,3,6-8,10-11,13-14H2,1-2H3,(H,22,26). The molecule has 2 amide bonds. The van der Waals surface area contributed by atoms with Crippen molar-refractivity contribution >= 4 is 17.4 Å². The number of thiazole rings is 1. The zero-order valence-electron chi connectivity index (χ0n) is 16.6. The molecule has 0 aliphatic carbocycles. The normalized spacial score (nSPS) is 16.4. The molecule has 152 valence electrons. The molecule has 1 aliphatic rings. The van der Waals surface area contributed by atoms with E-state index in [1.165, 1.54) is 0 Å². The van der Waals surface area contributed by atoms with Crippen molar-refractivity contribution in [2.45, 2.75) is 44.9 Å². The second-order valence-electron chi connectivity index (χ2n) is 7.41. The van der Waals surface area contributed by atoms with Gasteiger partial charge in [-0.25, -0.2) is 9.78 Å². The van der Waals surface area contributed by atoms with Crippen LogP contribution in [0.4, 0.5) is 4.79 Å². The van der Waals surface area contributed by atoms with Crippen LogP contribution < -0.4 is 5.32 Å². The number of aliphatic hydroxyl groups is 1. The first kappa shape index (κ1) is 20.7. The second-order valence-corrected chi connectivity index (χ2v) is 8.35. The number of carbonyl (C=O) groups is 1. The van der Waals surface area contributed by atoms with Gasteiger partial charge in [-0.05, 0) is 37.9 Å². The molecule has 0 aromatic carbocycles. The maximum Gasteiger partial charge on any atom is 0.317 e. The second kappa shape index (κ2) is 9.45. The van der Waals surface area contributed by atoms with E-state index in [4.69, 9.17) is 4.98 Å². The van der Waals surface area contributed by atoms with Gasteiger partial charge in [-0.3, -0.25) is 9.88 Å². The number of likely N-dealkylation sites (tertiary alicyclic amines) is 1. The summed E-state index contributed by atoms with van der Waals surface area (Å²) in [6.07, 6.45) is 5.59. The monoisotopic (exact) mass is 403 g/mol. The lowest BCUT2D eigenvalue weighted by Gasteiger charge is -2.37. The summed E-state index contributed by atoms with van der Waals surface area (Å²) in [6.45, 7) is 5.32. The van der Waals surface area contributed by atoms with E-state index in [9.17, 15) is 9.90 Å². The number of aromatic nitrogens is 2. The molecular weight excluding hydrogens is 374 g/mol. The van der Waals surface area contributed by atoms with Crippen LogP contribution in [0.3, 0.4) is 0 Å². The number of urea groups is 1. The summed E-state index contributed by atoms with van der Waals surface area (Å²) < 4.78 is 0. The van der Waals surface area contributed by atoms with Crippen molar-refractivity contribution in [2.24, 2.45) is 0 Å². The van der Waals surface area contributed by atoms with Gasteiger partial charge in [0.15, 0.2) is 0 Å². The minimum absolute atomic E-state index is 0.0418. The number of amides is 2. The Kier molecular flexibility index (Phi) is 6.98. The molecule has 0 bridgehead atoms. The summed E-state index contributed by atoms with van der Waals surface area (Å²) in [6, 6.07) is 3.96. The third kappa shape index (κ3) is 5.27. The van der Waals surface area contributed by atoms with Crippen LogP contribution in [0.1, 0.15) is 42.5 Å². The van der Waals surface area contributed by atoms with E-state index in [1.54, 1.807) is 22.4 Å². The molecule has 1 aliphatic heterocycles. The Morgan fingerprint density at radius 2 is 2.18 bits per heavy atom. The number of carbonyl (C=O) groups excluding carboxylic acids is 1. The summed E-state index contributed by atoms with van der Waals surface area (Å²) in [4.78, 5) is 24.9. The fourth-order valence-corrected chi connectivity index (χ4v) is 4.33. The first-order valence-electron chi connectivity index (χ1n) is 9.77. The highest BCUT2D eigenvalue weighted by Crippen LogP contribution is 2.33. The molecule has 1 fully saturated rings. The summed E-state index contributed by atoms with van der Waals surface area (Å²) in [7, 11) is 2.05. The Morgan fingerprint density at radius 1 is 1.39 bits per heavy atom. The molecule has 3 rings (SSSR count). The predicted octanol–water partition coefficient (Wildman–Crippen LogP) is 2.57. The molecule has 0 spiro atoms. The predicted molar refractivity (Wildman–Crippen MR) is 110 cm³/mol. The number of rotatable bonds is 7. The Bertz CT molecular complexity index is 759. The van der Waals surface area contributed by atoms with E-state index < -0.39 is 5.60 Å². The van der Waals surface area contributed by atoms with Gasteiger partial charge in [-0.15, -0.1) is 11.3 Å². The first-order valence-corrected chi connectivity index (χ1v) is 10.7. The zero-order valence-corrected chi connectivity index (χ0v) is 17.4. The van der Waals surface area contributed by atoms with Crippen molar-refractivity contribution in [1.82, 2.24) is 25.1 Å².